The number of hydrogen-bond donors (Lipinski definition) is 0. The molecule has 2 heteroatoms. The van der Waals surface area contributed by atoms with Gasteiger partial charge in [0, 0.05) is 38.7 Å². The Bertz CT molecular complexity index is 3690. The summed E-state index contributed by atoms with van der Waals surface area (Å²) in [6.45, 7) is 4.53. The summed E-state index contributed by atoms with van der Waals surface area (Å²) >= 11 is 0. The summed E-state index contributed by atoms with van der Waals surface area (Å²) in [5.41, 5.74) is 22.1. The van der Waals surface area contributed by atoms with Crippen molar-refractivity contribution in [3.05, 3.63) is 240 Å². The molecular weight excluding hydrogens is 845 g/mol. The molecule has 0 saturated carbocycles. The van der Waals surface area contributed by atoms with Gasteiger partial charge in [-0.25, -0.2) is 0 Å². The fraction of sp³-hybridized carbons (Fsp3) is 0.176. The second-order valence-electron chi connectivity index (χ2n) is 19.6. The molecule has 70 heavy (non-hydrogen) atoms. The first-order chi connectivity index (χ1) is 34.6. The zero-order valence-corrected chi connectivity index (χ0v) is 40.5. The van der Waals surface area contributed by atoms with Gasteiger partial charge in [-0.2, -0.15) is 0 Å². The highest BCUT2D eigenvalue weighted by Gasteiger charge is 2.22. The van der Waals surface area contributed by atoms with Gasteiger partial charge in [-0.05, 0) is 149 Å². The SMILES string of the molecule is CCCCc1ccc(C2C=CC=C(C3=CC=C(n4c5ccccc5c5cc(-c6ccc7c(c6)c6ccccc6n7-c6ccccc6-c6ccc(-c7cccc(CCCC)c7)cc6)ccc54)CC3)C2)cc1. The molecule has 2 aliphatic carbocycles. The first-order valence-electron chi connectivity index (χ1n) is 25.8. The van der Waals surface area contributed by atoms with Crippen LogP contribution in [0.25, 0.3) is 88.4 Å². The quantitative estimate of drug-likeness (QED) is 0.109. The molecule has 0 spiro atoms. The van der Waals surface area contributed by atoms with Crippen LogP contribution in [0.15, 0.2) is 224 Å². The Hall–Kier alpha value is -7.68. The predicted octanol–water partition coefficient (Wildman–Crippen LogP) is 18.8. The standard InChI is InChI=1S/C68H60N2/c1-3-5-15-47-27-29-49(30-28-47)54-19-14-20-55(44-54)51-35-39-58(40-36-51)69-65-25-11-8-22-60(65)62-45-56(37-41-67(62)69)57-38-42-68-63(46-57)61-23-9-12-26-66(61)70(68)64-24-10-7-21-59(64)52-33-31-50(32-34-52)53-18-13-17-48(43-53)16-6-4-2/h7-14,17-35,37-39,41-43,45-46,54H,3-6,15-16,36,40,44H2,1-2H3. The van der Waals surface area contributed by atoms with E-state index in [2.05, 4.69) is 235 Å². The molecule has 0 aliphatic heterocycles. The molecule has 10 aromatic rings. The third-order valence-electron chi connectivity index (χ3n) is 15.2. The second-order valence-corrected chi connectivity index (χ2v) is 19.6. The van der Waals surface area contributed by atoms with Crippen molar-refractivity contribution < 1.29 is 0 Å². The van der Waals surface area contributed by atoms with Crippen molar-refractivity contribution in [2.45, 2.75) is 77.6 Å². The summed E-state index contributed by atoms with van der Waals surface area (Å²) in [4.78, 5) is 0. The zero-order chi connectivity index (χ0) is 47.0. The van der Waals surface area contributed by atoms with Gasteiger partial charge >= 0.3 is 0 Å². The van der Waals surface area contributed by atoms with E-state index in [9.17, 15) is 0 Å². The van der Waals surface area contributed by atoms with Crippen LogP contribution in [-0.4, -0.2) is 9.13 Å². The van der Waals surface area contributed by atoms with Crippen molar-refractivity contribution in [3.63, 3.8) is 0 Å². The number of para-hydroxylation sites is 3. The van der Waals surface area contributed by atoms with Crippen LogP contribution in [0.2, 0.25) is 0 Å². The van der Waals surface area contributed by atoms with Crippen LogP contribution in [0.1, 0.15) is 81.4 Å². The van der Waals surface area contributed by atoms with Crippen LogP contribution >= 0.6 is 0 Å². The lowest BCUT2D eigenvalue weighted by Crippen LogP contribution is -2.06. The maximum absolute atomic E-state index is 2.52. The van der Waals surface area contributed by atoms with Gasteiger partial charge in [-0.15, -0.1) is 0 Å². The van der Waals surface area contributed by atoms with E-state index in [4.69, 9.17) is 0 Å². The molecule has 2 aliphatic rings. The number of fused-ring (bicyclic) bond motifs is 6. The van der Waals surface area contributed by atoms with Gasteiger partial charge in [0.25, 0.3) is 0 Å². The molecule has 0 radical (unpaired) electrons. The van der Waals surface area contributed by atoms with Gasteiger partial charge in [0.1, 0.15) is 0 Å². The molecule has 0 bridgehead atoms. The van der Waals surface area contributed by atoms with E-state index in [1.807, 2.05) is 0 Å². The lowest BCUT2D eigenvalue weighted by atomic mass is 9.83. The number of benzene rings is 8. The molecule has 0 fully saturated rings. The third kappa shape index (κ3) is 8.16. The van der Waals surface area contributed by atoms with E-state index in [1.54, 1.807) is 0 Å². The van der Waals surface area contributed by atoms with E-state index < -0.39 is 0 Å². The lowest BCUT2D eigenvalue weighted by Gasteiger charge is -2.24. The average molecular weight is 905 g/mol. The molecular formula is C68H60N2. The minimum atomic E-state index is 0.424. The van der Waals surface area contributed by atoms with E-state index in [-0.39, 0.29) is 0 Å². The number of hydrogen-bond acceptors (Lipinski definition) is 0. The van der Waals surface area contributed by atoms with Crippen molar-refractivity contribution in [1.82, 2.24) is 9.13 Å². The molecule has 2 aromatic heterocycles. The largest absolute Gasteiger partial charge is 0.313 e. The Morgan fingerprint density at radius 3 is 1.73 bits per heavy atom. The summed E-state index contributed by atoms with van der Waals surface area (Å²) in [6.07, 6.45) is 22.1. The summed E-state index contributed by atoms with van der Waals surface area (Å²) in [7, 11) is 0. The Morgan fingerprint density at radius 1 is 0.429 bits per heavy atom. The number of nitrogens with zero attached hydrogens (tertiary/aromatic N) is 2. The second kappa shape index (κ2) is 19.0. The smallest absolute Gasteiger partial charge is 0.0541 e. The summed E-state index contributed by atoms with van der Waals surface area (Å²) in [6, 6.07) is 68.5. The number of aromatic nitrogens is 2. The van der Waals surface area contributed by atoms with Gasteiger partial charge in [-0.3, -0.25) is 0 Å². The molecule has 8 aromatic carbocycles. The minimum absolute atomic E-state index is 0.424. The third-order valence-corrected chi connectivity index (χ3v) is 15.2. The monoisotopic (exact) mass is 904 g/mol. The molecule has 2 nitrogen and oxygen atoms in total. The van der Waals surface area contributed by atoms with Crippen LogP contribution in [-0.2, 0) is 12.8 Å². The Morgan fingerprint density at radius 2 is 1.03 bits per heavy atom. The van der Waals surface area contributed by atoms with Crippen LogP contribution in [0.4, 0.5) is 0 Å². The topological polar surface area (TPSA) is 9.86 Å². The van der Waals surface area contributed by atoms with Crippen LogP contribution in [0.5, 0.6) is 0 Å². The highest BCUT2D eigenvalue weighted by Crippen LogP contribution is 2.42. The van der Waals surface area contributed by atoms with Crippen molar-refractivity contribution >= 4 is 49.3 Å². The zero-order valence-electron chi connectivity index (χ0n) is 40.5. The molecule has 342 valence electrons. The molecule has 0 N–H and O–H groups in total. The summed E-state index contributed by atoms with van der Waals surface area (Å²) in [5.74, 6) is 0.424. The van der Waals surface area contributed by atoms with Gasteiger partial charge < -0.3 is 9.13 Å². The number of aryl methyl sites for hydroxylation is 2. The average Bonchev–Trinajstić information content (AvgIpc) is 3.94. The molecule has 1 atom stereocenters. The molecule has 0 saturated heterocycles. The minimum Gasteiger partial charge on any atom is -0.313 e. The van der Waals surface area contributed by atoms with Crippen molar-refractivity contribution in [2.24, 2.45) is 0 Å². The van der Waals surface area contributed by atoms with Crippen LogP contribution in [0, 0.1) is 0 Å². The number of rotatable bonds is 13. The van der Waals surface area contributed by atoms with Gasteiger partial charge in [0.15, 0.2) is 0 Å². The highest BCUT2D eigenvalue weighted by molar-refractivity contribution is 6.13. The van der Waals surface area contributed by atoms with Crippen molar-refractivity contribution in [2.75, 3.05) is 0 Å². The Balaban J connectivity index is 0.857. The van der Waals surface area contributed by atoms with Gasteiger partial charge in [0.05, 0.1) is 27.8 Å². The predicted molar refractivity (Wildman–Crippen MR) is 300 cm³/mol. The first-order valence-corrected chi connectivity index (χ1v) is 25.8. The maximum atomic E-state index is 2.52. The maximum Gasteiger partial charge on any atom is 0.0541 e. The number of allylic oxidation sites excluding steroid dienone is 8. The lowest BCUT2D eigenvalue weighted by molar-refractivity contribution is 0.786. The molecule has 0 amide bonds. The molecule has 1 unspecified atom stereocenters. The molecule has 12 rings (SSSR count). The Labute approximate surface area is 413 Å². The fourth-order valence-corrected chi connectivity index (χ4v) is 11.5. The van der Waals surface area contributed by atoms with E-state index in [0.29, 0.717) is 5.92 Å². The van der Waals surface area contributed by atoms with Crippen molar-refractivity contribution in [1.29, 1.82) is 0 Å². The van der Waals surface area contributed by atoms with Gasteiger partial charge in [-0.1, -0.05) is 191 Å². The van der Waals surface area contributed by atoms with Crippen LogP contribution in [0.3, 0.4) is 0 Å². The Kier molecular flexibility index (Phi) is 11.8. The van der Waals surface area contributed by atoms with Crippen LogP contribution < -0.4 is 0 Å². The first kappa shape index (κ1) is 43.6. The normalized spacial score (nSPS) is 14.9. The molecule has 2 heterocycles. The van der Waals surface area contributed by atoms with E-state index in [0.717, 1.165) is 25.7 Å². The fourth-order valence-electron chi connectivity index (χ4n) is 11.5. The van der Waals surface area contributed by atoms with E-state index >= 15 is 0 Å². The highest BCUT2D eigenvalue weighted by atomic mass is 15.0. The van der Waals surface area contributed by atoms with E-state index in [1.165, 1.54) is 148 Å². The summed E-state index contributed by atoms with van der Waals surface area (Å²) < 4.78 is 4.99. The number of unbranched alkanes of at least 4 members (excludes halogenated alkanes) is 2. The van der Waals surface area contributed by atoms with Gasteiger partial charge in [0.2, 0.25) is 0 Å². The van der Waals surface area contributed by atoms with Crippen molar-refractivity contribution in [3.8, 4) is 39.1 Å². The summed E-state index contributed by atoms with van der Waals surface area (Å²) in [5, 5.41) is 5.10.